The molecule has 0 aliphatic carbocycles. The maximum absolute atomic E-state index is 2.43. The Morgan fingerprint density at radius 1 is 0.462 bits per heavy atom. The van der Waals surface area contributed by atoms with Crippen molar-refractivity contribution < 1.29 is 4.48 Å². The molecule has 0 heterocycles. The lowest BCUT2D eigenvalue weighted by molar-refractivity contribution is -0.870. The first-order valence-electron chi connectivity index (χ1n) is 12.0. The Morgan fingerprint density at radius 3 is 1.19 bits per heavy atom. The predicted molar refractivity (Wildman–Crippen MR) is 121 cm³/mol. The van der Waals surface area contributed by atoms with Crippen LogP contribution < -0.4 is 0 Å². The second-order valence-corrected chi connectivity index (χ2v) is 9.37. The quantitative estimate of drug-likeness (QED) is 0.115. The molecule has 0 aliphatic rings. The van der Waals surface area contributed by atoms with Gasteiger partial charge in [0.25, 0.3) is 0 Å². The van der Waals surface area contributed by atoms with Crippen LogP contribution in [0.1, 0.15) is 122 Å². The second-order valence-electron chi connectivity index (χ2n) is 9.37. The minimum Gasteiger partial charge on any atom is -0.331 e. The van der Waals surface area contributed by atoms with E-state index in [0.29, 0.717) is 0 Å². The number of hydrogen-bond donors (Lipinski definition) is 0. The predicted octanol–water partition coefficient (Wildman–Crippen LogP) is 8.29. The summed E-state index contributed by atoms with van der Waals surface area (Å²) in [6, 6.07) is 0. The van der Waals surface area contributed by atoms with Gasteiger partial charge in [-0.3, -0.25) is 0 Å². The molecule has 0 aliphatic heterocycles. The van der Waals surface area contributed by atoms with Crippen molar-refractivity contribution in [3.8, 4) is 0 Å². The van der Waals surface area contributed by atoms with Gasteiger partial charge in [-0.15, -0.1) is 0 Å². The van der Waals surface area contributed by atoms with Gasteiger partial charge in [0.1, 0.15) is 0 Å². The smallest absolute Gasteiger partial charge is 0.0780 e. The largest absolute Gasteiger partial charge is 0.331 e. The molecule has 0 radical (unpaired) electrons. The molecule has 0 aromatic heterocycles. The van der Waals surface area contributed by atoms with Crippen LogP contribution in [0.5, 0.6) is 0 Å². The van der Waals surface area contributed by atoms with E-state index in [1.54, 1.807) is 0 Å². The Morgan fingerprint density at radius 2 is 0.808 bits per heavy atom. The molecular weight excluding hydrogens is 314 g/mol. The lowest BCUT2D eigenvalue weighted by Gasteiger charge is -2.23. The molecule has 0 bridgehead atoms. The summed E-state index contributed by atoms with van der Waals surface area (Å²) in [5.41, 5.74) is 0. The number of unbranched alkanes of at least 4 members (excludes halogenated alkanes) is 16. The lowest BCUT2D eigenvalue weighted by atomic mass is 10.1. The Kier molecular flexibility index (Phi) is 19.2. The van der Waals surface area contributed by atoms with Gasteiger partial charge in [0, 0.05) is 0 Å². The molecule has 0 unspecified atom stereocenters. The summed E-state index contributed by atoms with van der Waals surface area (Å²) in [6.07, 6.45) is 30.4. The van der Waals surface area contributed by atoms with E-state index in [4.69, 9.17) is 0 Å². The maximum Gasteiger partial charge on any atom is 0.0780 e. The normalized spacial score (nSPS) is 12.3. The van der Waals surface area contributed by atoms with Crippen molar-refractivity contribution in [3.63, 3.8) is 0 Å². The zero-order valence-corrected chi connectivity index (χ0v) is 19.0. The standard InChI is InChI=1S/C25H52N/c1-5-6-7-8-9-10-11-12-13-14-15-16-17-18-19-20-21-22-23-24-25-26(2,3)4/h12-13H,5-11,14-25H2,1-4H3/q+1/b13-12-. The van der Waals surface area contributed by atoms with Crippen LogP contribution in [0.2, 0.25) is 0 Å². The van der Waals surface area contributed by atoms with Crippen LogP contribution in [0.15, 0.2) is 12.2 Å². The van der Waals surface area contributed by atoms with Crippen molar-refractivity contribution in [2.45, 2.75) is 122 Å². The Balaban J connectivity index is 3.10. The zero-order chi connectivity index (χ0) is 19.3. The van der Waals surface area contributed by atoms with Gasteiger partial charge < -0.3 is 4.48 Å². The van der Waals surface area contributed by atoms with E-state index >= 15 is 0 Å². The van der Waals surface area contributed by atoms with Gasteiger partial charge in [0.2, 0.25) is 0 Å². The second kappa shape index (κ2) is 19.5. The van der Waals surface area contributed by atoms with E-state index in [2.05, 4.69) is 40.2 Å². The van der Waals surface area contributed by atoms with Crippen LogP contribution in [0, 0.1) is 0 Å². The first-order chi connectivity index (χ1) is 12.6. The van der Waals surface area contributed by atoms with E-state index < -0.39 is 0 Å². The van der Waals surface area contributed by atoms with Crippen LogP contribution in [0.3, 0.4) is 0 Å². The number of quaternary nitrogens is 1. The van der Waals surface area contributed by atoms with Crippen LogP contribution in [-0.4, -0.2) is 32.2 Å². The van der Waals surface area contributed by atoms with E-state index in [-0.39, 0.29) is 0 Å². The van der Waals surface area contributed by atoms with Crippen LogP contribution in [-0.2, 0) is 0 Å². The van der Waals surface area contributed by atoms with E-state index in [1.165, 1.54) is 122 Å². The average Bonchev–Trinajstić information content (AvgIpc) is 2.59. The third-order valence-electron chi connectivity index (χ3n) is 5.34. The maximum atomic E-state index is 2.43. The summed E-state index contributed by atoms with van der Waals surface area (Å²) >= 11 is 0. The third-order valence-corrected chi connectivity index (χ3v) is 5.34. The van der Waals surface area contributed by atoms with Gasteiger partial charge in [-0.2, -0.15) is 0 Å². The van der Waals surface area contributed by atoms with Gasteiger partial charge in [0.15, 0.2) is 0 Å². The molecule has 0 fully saturated rings. The van der Waals surface area contributed by atoms with E-state index in [0.717, 1.165) is 4.48 Å². The third kappa shape index (κ3) is 23.7. The van der Waals surface area contributed by atoms with Crippen molar-refractivity contribution in [1.29, 1.82) is 0 Å². The fourth-order valence-corrected chi connectivity index (χ4v) is 3.54. The summed E-state index contributed by atoms with van der Waals surface area (Å²) in [5.74, 6) is 0. The van der Waals surface area contributed by atoms with Gasteiger partial charge in [-0.05, 0) is 38.5 Å². The highest BCUT2D eigenvalue weighted by atomic mass is 15.3. The summed E-state index contributed by atoms with van der Waals surface area (Å²) in [5, 5.41) is 0. The Hall–Kier alpha value is -0.300. The molecule has 0 amide bonds. The molecule has 0 saturated heterocycles. The molecule has 1 heteroatoms. The SMILES string of the molecule is CCCCCCCC/C=C\CCCCCCCCCCCC[N+](C)(C)C. The monoisotopic (exact) mass is 366 g/mol. The van der Waals surface area contributed by atoms with Crippen molar-refractivity contribution >= 4 is 0 Å². The van der Waals surface area contributed by atoms with Crippen LogP contribution in [0.25, 0.3) is 0 Å². The molecule has 0 N–H and O–H groups in total. The molecule has 156 valence electrons. The van der Waals surface area contributed by atoms with Crippen molar-refractivity contribution in [3.05, 3.63) is 12.2 Å². The topological polar surface area (TPSA) is 0 Å². The average molecular weight is 367 g/mol. The number of hydrogen-bond acceptors (Lipinski definition) is 0. The summed E-state index contributed by atoms with van der Waals surface area (Å²) in [4.78, 5) is 0. The molecule has 0 rings (SSSR count). The molecule has 1 nitrogen and oxygen atoms in total. The van der Waals surface area contributed by atoms with Gasteiger partial charge in [-0.1, -0.05) is 96.1 Å². The molecular formula is C25H52N+. The minimum atomic E-state index is 1.12. The Labute approximate surface area is 167 Å². The van der Waals surface area contributed by atoms with E-state index in [9.17, 15) is 0 Å². The highest BCUT2D eigenvalue weighted by Crippen LogP contribution is 2.12. The highest BCUT2D eigenvalue weighted by Gasteiger charge is 2.04. The van der Waals surface area contributed by atoms with Crippen molar-refractivity contribution in [1.82, 2.24) is 0 Å². The molecule has 26 heavy (non-hydrogen) atoms. The number of rotatable bonds is 20. The fourth-order valence-electron chi connectivity index (χ4n) is 3.54. The Bertz CT molecular complexity index is 287. The summed E-state index contributed by atoms with van der Waals surface area (Å²) in [6.45, 7) is 3.62. The van der Waals surface area contributed by atoms with Crippen LogP contribution in [0.4, 0.5) is 0 Å². The van der Waals surface area contributed by atoms with Gasteiger partial charge in [-0.25, -0.2) is 0 Å². The molecule has 0 atom stereocenters. The molecule has 0 spiro atoms. The first-order valence-corrected chi connectivity index (χ1v) is 12.0. The zero-order valence-electron chi connectivity index (χ0n) is 19.0. The fraction of sp³-hybridized carbons (Fsp3) is 0.920. The number of nitrogens with zero attached hydrogens (tertiary/aromatic N) is 1. The van der Waals surface area contributed by atoms with Gasteiger partial charge >= 0.3 is 0 Å². The van der Waals surface area contributed by atoms with Crippen molar-refractivity contribution in [2.24, 2.45) is 0 Å². The highest BCUT2D eigenvalue weighted by molar-refractivity contribution is 4.81. The van der Waals surface area contributed by atoms with Crippen LogP contribution >= 0.6 is 0 Å². The summed E-state index contributed by atoms with van der Waals surface area (Å²) in [7, 11) is 6.89. The molecule has 0 saturated carbocycles. The van der Waals surface area contributed by atoms with Gasteiger partial charge in [0.05, 0.1) is 27.7 Å². The first kappa shape index (κ1) is 25.7. The summed E-state index contributed by atoms with van der Waals surface area (Å²) < 4.78 is 1.12. The number of allylic oxidation sites excluding steroid dienone is 2. The molecule has 0 aromatic carbocycles. The van der Waals surface area contributed by atoms with E-state index in [1.807, 2.05) is 0 Å². The van der Waals surface area contributed by atoms with Crippen molar-refractivity contribution in [2.75, 3.05) is 27.7 Å². The molecule has 0 aromatic rings. The minimum absolute atomic E-state index is 1.12. The lowest BCUT2D eigenvalue weighted by Crippen LogP contribution is -2.35.